The molecule has 0 aliphatic rings. The van der Waals surface area contributed by atoms with Gasteiger partial charge in [0.05, 0.1) is 0 Å². The van der Waals surface area contributed by atoms with E-state index in [9.17, 15) is 0 Å². The minimum absolute atomic E-state index is 0.387. The van der Waals surface area contributed by atoms with Crippen LogP contribution >= 0.6 is 89.0 Å². The van der Waals surface area contributed by atoms with Crippen molar-refractivity contribution in [1.82, 2.24) is 0 Å². The second kappa shape index (κ2) is 48.9. The molecule has 91 heavy (non-hydrogen) atoms. The van der Waals surface area contributed by atoms with Gasteiger partial charge in [-0.3, -0.25) is 0 Å². The molecule has 0 fully saturated rings. The molecule has 0 spiro atoms. The van der Waals surface area contributed by atoms with Crippen LogP contribution in [-0.4, -0.2) is 138 Å². The fourth-order valence-corrected chi connectivity index (χ4v) is 27.3. The van der Waals surface area contributed by atoms with Gasteiger partial charge in [0.2, 0.25) is 0 Å². The van der Waals surface area contributed by atoms with Crippen LogP contribution in [0.25, 0.3) is 0 Å². The average molecular weight is 1830 g/mol. The van der Waals surface area contributed by atoms with Gasteiger partial charge in [-0.15, -0.1) is 23.5 Å². The zero-order valence-electron chi connectivity index (χ0n) is 72.3. The molecule has 0 radical (unpaired) electrons. The van der Waals surface area contributed by atoms with Crippen molar-refractivity contribution < 1.29 is 0 Å². The van der Waals surface area contributed by atoms with Crippen LogP contribution in [0.3, 0.4) is 0 Å². The van der Waals surface area contributed by atoms with Gasteiger partial charge in [0.15, 0.2) is 0 Å². The van der Waals surface area contributed by atoms with Gasteiger partial charge < -0.3 is 0 Å². The molecule has 0 heterocycles. The van der Waals surface area contributed by atoms with Crippen molar-refractivity contribution in [3.63, 3.8) is 0 Å². The van der Waals surface area contributed by atoms with Crippen LogP contribution < -0.4 is 0 Å². The first kappa shape index (κ1) is 115. The molecule has 0 unspecified atom stereocenters. The van der Waals surface area contributed by atoms with E-state index in [1.807, 2.05) is 68.6 Å². The molecule has 0 saturated carbocycles. The first-order valence-electron chi connectivity index (χ1n) is 33.7. The zero-order valence-corrected chi connectivity index (χ0v) is 89.1. The van der Waals surface area contributed by atoms with E-state index in [0.29, 0.717) is 113 Å². The standard InChI is InChI=1S/C9H20S2.2C9H20S.2C9H20Se.C8H18S2.2C8H18SSe.C8H18Se2/c1-8(2,3)10-7-11-9(4,5)6;4*1-8(2,3)7-10-9(4,5)6;4*1-7(2,3)9-10-8(4,5)6/h7H2,1-6H3;4*7H2,1-6H3;4*1-6H3. The van der Waals surface area contributed by atoms with Crippen molar-refractivity contribution in [3.8, 4) is 0 Å². The van der Waals surface area contributed by atoms with Crippen molar-refractivity contribution in [2.45, 2.75) is 448 Å². The minimum atomic E-state index is 0.387. The molecule has 0 aromatic rings. The van der Waals surface area contributed by atoms with Crippen LogP contribution in [0, 0.1) is 21.7 Å². The number of rotatable bonds is 10. The first-order chi connectivity index (χ1) is 38.4. The fourth-order valence-electron chi connectivity index (χ4n) is 3.12. The summed E-state index contributed by atoms with van der Waals surface area (Å²) >= 11 is 12.9. The van der Waals surface area contributed by atoms with Crippen molar-refractivity contribution >= 4 is 173 Å². The molecule has 0 aromatic heterocycles. The van der Waals surface area contributed by atoms with Crippen LogP contribution in [0.2, 0.25) is 36.5 Å². The first-order valence-corrected chi connectivity index (χ1v) is 57.3. The summed E-state index contributed by atoms with van der Waals surface area (Å²) in [4.78, 5) is 0. The summed E-state index contributed by atoms with van der Waals surface area (Å²) < 4.78 is 6.75. The van der Waals surface area contributed by atoms with E-state index in [2.05, 4.69) is 394 Å². The molecule has 564 valence electrons. The molecule has 14 heteroatoms. The number of hydrogen-bond donors (Lipinski definition) is 0. The number of thioether (sulfide) groups is 4. The zero-order chi connectivity index (χ0) is 76.4. The average Bonchev–Trinajstić information content (AvgIpc) is 3.18. The van der Waals surface area contributed by atoms with E-state index in [4.69, 9.17) is 0 Å². The normalized spacial score (nSPS) is 13.8. The Labute approximate surface area is 651 Å². The van der Waals surface area contributed by atoms with Gasteiger partial charge >= 0.3 is 369 Å². The maximum absolute atomic E-state index is 2.35. The Morgan fingerprint density at radius 2 is 0.396 bits per heavy atom. The van der Waals surface area contributed by atoms with Crippen LogP contribution in [-0.2, 0) is 0 Å². The second-order valence-corrected chi connectivity index (χ2v) is 82.9. The molecule has 0 nitrogen and oxygen atoms in total. The molecule has 0 amide bonds. The van der Waals surface area contributed by atoms with Crippen molar-refractivity contribution in [2.75, 3.05) is 16.6 Å². The van der Waals surface area contributed by atoms with Gasteiger partial charge in [0, 0.05) is 33.6 Å². The molecular formula is C77H172S8Se6. The van der Waals surface area contributed by atoms with Crippen LogP contribution in [0.4, 0.5) is 0 Å². The van der Waals surface area contributed by atoms with Gasteiger partial charge in [0.1, 0.15) is 0 Å². The molecule has 0 atom stereocenters. The molecule has 0 saturated heterocycles. The van der Waals surface area contributed by atoms with Gasteiger partial charge in [-0.25, -0.2) is 0 Å². The van der Waals surface area contributed by atoms with Crippen LogP contribution in [0.15, 0.2) is 0 Å². The summed E-state index contributed by atoms with van der Waals surface area (Å²) in [7, 11) is 8.12. The molecule has 0 rings (SSSR count). The van der Waals surface area contributed by atoms with E-state index in [0.717, 1.165) is 56.2 Å². The van der Waals surface area contributed by atoms with Gasteiger partial charge in [-0.2, -0.15) is 23.5 Å². The Morgan fingerprint density at radius 1 is 0.198 bits per heavy atom. The van der Waals surface area contributed by atoms with E-state index in [1.165, 1.54) is 27.2 Å². The summed E-state index contributed by atoms with van der Waals surface area (Å²) in [5.41, 5.74) is 2.01. The summed E-state index contributed by atoms with van der Waals surface area (Å²) in [6.07, 6.45) is 0. The molecular weight excluding hydrogens is 1660 g/mol. The maximum atomic E-state index is 2.35. The van der Waals surface area contributed by atoms with E-state index in [1.54, 1.807) is 0 Å². The fraction of sp³-hybridized carbons (Fsp3) is 1.00. The topological polar surface area (TPSA) is 0 Å². The summed E-state index contributed by atoms with van der Waals surface area (Å²) in [6, 6.07) is 0. The Morgan fingerprint density at radius 3 is 0.473 bits per heavy atom. The SMILES string of the molecule is CC(C)(C)CSC(C)(C)C.CC(C)(C)CSC(C)(C)C.CC(C)(C)C[Se]C(C)(C)C.CC(C)(C)C[Se]C(C)(C)C.CC(C)(C)SCSC(C)(C)C.CC(C)(C)SSC(C)(C)C.CC(C)(C)S[Se]C(C)(C)C.CC(C)(C)S[Se]C(C)(C)C.CC(C)(C)[Se][Se]C(C)(C)C. The van der Waals surface area contributed by atoms with E-state index in [-0.39, 0.29) is 0 Å². The predicted octanol–water partition coefficient (Wildman–Crippen LogP) is 31.3. The van der Waals surface area contributed by atoms with Crippen molar-refractivity contribution in [1.29, 1.82) is 0 Å². The summed E-state index contributed by atoms with van der Waals surface area (Å²) in [5.74, 6) is 2.49. The van der Waals surface area contributed by atoms with Crippen LogP contribution in [0.5, 0.6) is 0 Å². The molecule has 0 aromatic carbocycles. The van der Waals surface area contributed by atoms with Crippen molar-refractivity contribution in [2.24, 2.45) is 21.7 Å². The Kier molecular flexibility index (Phi) is 62.0. The molecule has 0 aliphatic heterocycles. The molecule has 0 bridgehead atoms. The second-order valence-electron chi connectivity index (χ2n) is 42.0. The molecule has 0 aliphatic carbocycles. The van der Waals surface area contributed by atoms with Crippen molar-refractivity contribution in [3.05, 3.63) is 0 Å². The summed E-state index contributed by atoms with van der Waals surface area (Å²) in [6.45, 7) is 124. The summed E-state index contributed by atoms with van der Waals surface area (Å²) in [5, 5.41) is 3.99. The van der Waals surface area contributed by atoms with Gasteiger partial charge in [-0.1, -0.05) is 188 Å². The van der Waals surface area contributed by atoms with Crippen LogP contribution in [0.1, 0.15) is 374 Å². The predicted molar refractivity (Wildman–Crippen MR) is 474 cm³/mol. The van der Waals surface area contributed by atoms with E-state index < -0.39 is 0 Å². The van der Waals surface area contributed by atoms with E-state index >= 15 is 0 Å². The Balaban J connectivity index is -0.000000119. The quantitative estimate of drug-likeness (QED) is 0.119. The Hall–Kier alpha value is 5.92. The number of hydrogen-bond acceptors (Lipinski definition) is 8. The van der Waals surface area contributed by atoms with Gasteiger partial charge in [-0.05, 0) is 22.3 Å². The third-order valence-electron chi connectivity index (χ3n) is 6.90. The molecule has 0 N–H and O–H groups in total. The Bertz CT molecular complexity index is 1210. The third-order valence-corrected chi connectivity index (χ3v) is 55.4. The van der Waals surface area contributed by atoms with Gasteiger partial charge in [0.25, 0.3) is 0 Å². The monoisotopic (exact) mass is 1830 g/mol. The third kappa shape index (κ3) is 173.